The summed E-state index contributed by atoms with van der Waals surface area (Å²) in [6, 6.07) is 13.7. The van der Waals surface area contributed by atoms with Gasteiger partial charge < -0.3 is 9.32 Å². The van der Waals surface area contributed by atoms with Crippen LogP contribution in [0.5, 0.6) is 0 Å². The molecule has 0 amide bonds. The third-order valence-corrected chi connectivity index (χ3v) is 6.15. The standard InChI is InChI=1S/C21H23N5OS/c1-16-8-10-25(11-9-16)20-23-24-21(26(20)14-19-3-2-12-27-19)28-15-18-6-4-17(13-22)5-7-18/h2-7,12,16H,8-11,14-15H2,1H3. The molecule has 0 radical (unpaired) electrons. The van der Waals surface area contributed by atoms with Crippen LogP contribution in [0.1, 0.15) is 36.7 Å². The van der Waals surface area contributed by atoms with Gasteiger partial charge in [0.1, 0.15) is 5.76 Å². The summed E-state index contributed by atoms with van der Waals surface area (Å²) in [5.74, 6) is 3.36. The third-order valence-electron chi connectivity index (χ3n) is 5.11. The lowest BCUT2D eigenvalue weighted by Gasteiger charge is -2.31. The first kappa shape index (κ1) is 18.6. The number of rotatable bonds is 6. The molecule has 0 saturated carbocycles. The number of piperidine rings is 1. The van der Waals surface area contributed by atoms with Crippen molar-refractivity contribution in [2.75, 3.05) is 18.0 Å². The highest BCUT2D eigenvalue weighted by Gasteiger charge is 2.23. The SMILES string of the molecule is CC1CCN(c2nnc(SCc3ccc(C#N)cc3)n2Cc2ccco2)CC1. The van der Waals surface area contributed by atoms with Gasteiger partial charge in [-0.3, -0.25) is 4.57 Å². The zero-order chi connectivity index (χ0) is 19.3. The molecular formula is C21H23N5OS. The van der Waals surface area contributed by atoms with Gasteiger partial charge in [-0.25, -0.2) is 0 Å². The number of benzene rings is 1. The third kappa shape index (κ3) is 4.23. The second kappa shape index (κ2) is 8.53. The number of hydrogen-bond acceptors (Lipinski definition) is 6. The van der Waals surface area contributed by atoms with Gasteiger partial charge in [-0.1, -0.05) is 30.8 Å². The van der Waals surface area contributed by atoms with Gasteiger partial charge in [0.05, 0.1) is 24.4 Å². The first-order valence-corrected chi connectivity index (χ1v) is 10.5. The Labute approximate surface area is 169 Å². The Kier molecular flexibility index (Phi) is 5.68. The summed E-state index contributed by atoms with van der Waals surface area (Å²) in [6.45, 7) is 4.95. The van der Waals surface area contributed by atoms with Gasteiger partial charge in [-0.15, -0.1) is 10.2 Å². The number of anilines is 1. The van der Waals surface area contributed by atoms with E-state index in [0.29, 0.717) is 12.1 Å². The summed E-state index contributed by atoms with van der Waals surface area (Å²) in [5.41, 5.74) is 1.83. The van der Waals surface area contributed by atoms with Crippen molar-refractivity contribution in [3.05, 3.63) is 59.5 Å². The van der Waals surface area contributed by atoms with Crippen LogP contribution in [-0.4, -0.2) is 27.9 Å². The zero-order valence-electron chi connectivity index (χ0n) is 15.9. The minimum Gasteiger partial charge on any atom is -0.467 e. The van der Waals surface area contributed by atoms with E-state index in [1.54, 1.807) is 18.0 Å². The maximum absolute atomic E-state index is 8.95. The minimum absolute atomic E-state index is 0.622. The monoisotopic (exact) mass is 393 g/mol. The Hall–Kier alpha value is -2.72. The highest BCUT2D eigenvalue weighted by atomic mass is 32.2. The molecule has 2 aromatic heterocycles. The highest BCUT2D eigenvalue weighted by molar-refractivity contribution is 7.98. The average molecular weight is 394 g/mol. The summed E-state index contributed by atoms with van der Waals surface area (Å²) in [4.78, 5) is 2.34. The van der Waals surface area contributed by atoms with E-state index in [4.69, 9.17) is 9.68 Å². The van der Waals surface area contributed by atoms with Crippen LogP contribution in [0.4, 0.5) is 5.95 Å². The number of thioether (sulfide) groups is 1. The lowest BCUT2D eigenvalue weighted by molar-refractivity contribution is 0.427. The van der Waals surface area contributed by atoms with Gasteiger partial charge in [0, 0.05) is 18.8 Å². The smallest absolute Gasteiger partial charge is 0.228 e. The van der Waals surface area contributed by atoms with Crippen molar-refractivity contribution in [3.8, 4) is 6.07 Å². The normalized spacial score (nSPS) is 14.9. The molecule has 1 aliphatic heterocycles. The van der Waals surface area contributed by atoms with Crippen LogP contribution >= 0.6 is 11.8 Å². The van der Waals surface area contributed by atoms with E-state index < -0.39 is 0 Å². The topological polar surface area (TPSA) is 70.9 Å². The van der Waals surface area contributed by atoms with Crippen LogP contribution in [0.15, 0.2) is 52.2 Å². The van der Waals surface area contributed by atoms with Crippen molar-refractivity contribution in [1.82, 2.24) is 14.8 Å². The molecule has 1 fully saturated rings. The van der Waals surface area contributed by atoms with Crippen molar-refractivity contribution >= 4 is 17.7 Å². The van der Waals surface area contributed by atoms with Crippen molar-refractivity contribution in [2.24, 2.45) is 5.92 Å². The van der Waals surface area contributed by atoms with Crippen LogP contribution in [0.3, 0.4) is 0 Å². The molecule has 0 bridgehead atoms. The molecule has 0 unspecified atom stereocenters. The van der Waals surface area contributed by atoms with E-state index in [1.165, 1.54) is 12.8 Å². The van der Waals surface area contributed by atoms with E-state index in [-0.39, 0.29) is 0 Å². The van der Waals surface area contributed by atoms with Crippen molar-refractivity contribution in [2.45, 2.75) is 37.2 Å². The Morgan fingerprint density at radius 3 is 2.64 bits per heavy atom. The maximum Gasteiger partial charge on any atom is 0.228 e. The zero-order valence-corrected chi connectivity index (χ0v) is 16.7. The molecule has 7 heteroatoms. The predicted molar refractivity (Wildman–Crippen MR) is 109 cm³/mol. The first-order chi connectivity index (χ1) is 13.7. The minimum atomic E-state index is 0.622. The van der Waals surface area contributed by atoms with Gasteiger partial charge >= 0.3 is 0 Å². The Balaban J connectivity index is 1.54. The maximum atomic E-state index is 8.95. The van der Waals surface area contributed by atoms with Crippen LogP contribution in [0.2, 0.25) is 0 Å². The Bertz CT molecular complexity index is 934. The van der Waals surface area contributed by atoms with Crippen molar-refractivity contribution in [3.63, 3.8) is 0 Å². The number of aromatic nitrogens is 3. The fourth-order valence-electron chi connectivity index (χ4n) is 3.35. The van der Waals surface area contributed by atoms with Gasteiger partial charge in [0.15, 0.2) is 5.16 Å². The number of furan rings is 1. The van der Waals surface area contributed by atoms with Gasteiger partial charge in [-0.05, 0) is 48.6 Å². The summed E-state index contributed by atoms with van der Waals surface area (Å²) < 4.78 is 7.73. The number of nitrogens with zero attached hydrogens (tertiary/aromatic N) is 5. The highest BCUT2D eigenvalue weighted by Crippen LogP contribution is 2.28. The number of nitriles is 1. The van der Waals surface area contributed by atoms with E-state index in [0.717, 1.165) is 47.2 Å². The average Bonchev–Trinajstić information content (AvgIpc) is 3.38. The van der Waals surface area contributed by atoms with Gasteiger partial charge in [0.25, 0.3) is 0 Å². The van der Waals surface area contributed by atoms with Crippen LogP contribution in [0, 0.1) is 17.2 Å². The molecule has 28 heavy (non-hydrogen) atoms. The summed E-state index contributed by atoms with van der Waals surface area (Å²) in [7, 11) is 0. The molecule has 0 aliphatic carbocycles. The van der Waals surface area contributed by atoms with Gasteiger partial charge in [0.2, 0.25) is 5.95 Å². The van der Waals surface area contributed by atoms with Crippen molar-refractivity contribution in [1.29, 1.82) is 5.26 Å². The molecule has 3 heterocycles. The summed E-state index contributed by atoms with van der Waals surface area (Å²) >= 11 is 1.66. The van der Waals surface area contributed by atoms with Gasteiger partial charge in [-0.2, -0.15) is 5.26 Å². The summed E-state index contributed by atoms with van der Waals surface area (Å²) in [6.07, 6.45) is 4.06. The Morgan fingerprint density at radius 2 is 1.96 bits per heavy atom. The van der Waals surface area contributed by atoms with E-state index >= 15 is 0 Å². The molecule has 1 aliphatic rings. The van der Waals surface area contributed by atoms with Crippen molar-refractivity contribution < 1.29 is 4.42 Å². The molecule has 0 atom stereocenters. The predicted octanol–water partition coefficient (Wildman–Crippen LogP) is 4.32. The molecule has 6 nitrogen and oxygen atoms in total. The van der Waals surface area contributed by atoms with Crippen LogP contribution in [-0.2, 0) is 12.3 Å². The molecule has 144 valence electrons. The molecular weight excluding hydrogens is 370 g/mol. The molecule has 4 rings (SSSR count). The first-order valence-electron chi connectivity index (χ1n) is 9.55. The van der Waals surface area contributed by atoms with E-state index in [1.807, 2.05) is 36.4 Å². The molecule has 3 aromatic rings. The lowest BCUT2D eigenvalue weighted by atomic mass is 10.00. The second-order valence-corrected chi connectivity index (χ2v) is 8.16. The Morgan fingerprint density at radius 1 is 1.18 bits per heavy atom. The fourth-order valence-corrected chi connectivity index (χ4v) is 4.24. The largest absolute Gasteiger partial charge is 0.467 e. The van der Waals surface area contributed by atoms with Crippen LogP contribution in [0.25, 0.3) is 0 Å². The quantitative estimate of drug-likeness (QED) is 0.581. The van der Waals surface area contributed by atoms with E-state index in [9.17, 15) is 0 Å². The van der Waals surface area contributed by atoms with Crippen LogP contribution < -0.4 is 4.90 Å². The fraction of sp³-hybridized carbons (Fsp3) is 0.381. The molecule has 1 aromatic carbocycles. The lowest BCUT2D eigenvalue weighted by Crippen LogP contribution is -2.35. The van der Waals surface area contributed by atoms with E-state index in [2.05, 4.69) is 32.7 Å². The second-order valence-electron chi connectivity index (χ2n) is 7.22. The molecule has 1 saturated heterocycles. The molecule has 0 spiro atoms. The summed E-state index contributed by atoms with van der Waals surface area (Å²) in [5, 5.41) is 18.8. The molecule has 0 N–H and O–H groups in total. The number of hydrogen-bond donors (Lipinski definition) is 0.